The van der Waals surface area contributed by atoms with Crippen LogP contribution in [0.25, 0.3) is 0 Å². The van der Waals surface area contributed by atoms with Crippen molar-refractivity contribution in [2.24, 2.45) is 0 Å². The van der Waals surface area contributed by atoms with Crippen molar-refractivity contribution >= 4 is 34.5 Å². The summed E-state index contributed by atoms with van der Waals surface area (Å²) in [7, 11) is 1.51. The average Bonchev–Trinajstić information content (AvgIpc) is 3.11. The zero-order chi connectivity index (χ0) is 16.4. The van der Waals surface area contributed by atoms with E-state index < -0.39 is 0 Å². The van der Waals surface area contributed by atoms with E-state index in [9.17, 15) is 4.79 Å². The minimum Gasteiger partial charge on any atom is -0.496 e. The van der Waals surface area contributed by atoms with Crippen LogP contribution in [0.4, 0.5) is 5.69 Å². The number of methoxy groups -OCH3 is 1. The van der Waals surface area contributed by atoms with Crippen molar-refractivity contribution in [1.82, 2.24) is 4.90 Å². The third-order valence-corrected chi connectivity index (χ3v) is 4.85. The van der Waals surface area contributed by atoms with Crippen LogP contribution in [0.2, 0.25) is 5.02 Å². The summed E-state index contributed by atoms with van der Waals surface area (Å²) >= 11 is 7.68. The van der Waals surface area contributed by atoms with Gasteiger partial charge in [0, 0.05) is 12.6 Å². The van der Waals surface area contributed by atoms with Crippen molar-refractivity contribution in [1.29, 1.82) is 0 Å². The van der Waals surface area contributed by atoms with Crippen LogP contribution in [-0.2, 0) is 4.74 Å². The SMILES string of the molecule is COc1cc(N)c(Cl)cc1C(=O)N1CCOC(c2ccsc2)C1. The summed E-state index contributed by atoms with van der Waals surface area (Å²) in [5.74, 6) is 0.294. The van der Waals surface area contributed by atoms with Gasteiger partial charge in [0.2, 0.25) is 0 Å². The van der Waals surface area contributed by atoms with E-state index >= 15 is 0 Å². The normalized spacial score (nSPS) is 18.0. The summed E-state index contributed by atoms with van der Waals surface area (Å²) in [4.78, 5) is 14.6. The molecule has 1 aromatic heterocycles. The van der Waals surface area contributed by atoms with Gasteiger partial charge in [0.05, 0.1) is 36.5 Å². The highest BCUT2D eigenvalue weighted by Gasteiger charge is 2.28. The molecule has 23 heavy (non-hydrogen) atoms. The number of carbonyl (C=O) groups is 1. The second-order valence-electron chi connectivity index (χ2n) is 5.24. The third-order valence-electron chi connectivity index (χ3n) is 3.82. The lowest BCUT2D eigenvalue weighted by Crippen LogP contribution is -2.42. The molecule has 3 rings (SSSR count). The molecule has 5 nitrogen and oxygen atoms in total. The highest BCUT2D eigenvalue weighted by Crippen LogP contribution is 2.31. The number of amides is 1. The number of nitrogen functional groups attached to an aromatic ring is 1. The van der Waals surface area contributed by atoms with Crippen molar-refractivity contribution in [3.8, 4) is 5.75 Å². The predicted molar refractivity (Wildman–Crippen MR) is 91.3 cm³/mol. The van der Waals surface area contributed by atoms with Crippen LogP contribution >= 0.6 is 22.9 Å². The maximum Gasteiger partial charge on any atom is 0.257 e. The monoisotopic (exact) mass is 352 g/mol. The lowest BCUT2D eigenvalue weighted by Gasteiger charge is -2.33. The molecule has 2 N–H and O–H groups in total. The smallest absolute Gasteiger partial charge is 0.257 e. The number of thiophene rings is 1. The fourth-order valence-electron chi connectivity index (χ4n) is 2.57. The summed E-state index contributed by atoms with van der Waals surface area (Å²) in [6.45, 7) is 1.53. The molecule has 0 bridgehead atoms. The molecule has 1 atom stereocenters. The fraction of sp³-hybridized carbons (Fsp3) is 0.312. The van der Waals surface area contributed by atoms with Crippen LogP contribution in [0, 0.1) is 0 Å². The van der Waals surface area contributed by atoms with Crippen LogP contribution < -0.4 is 10.5 Å². The number of nitrogens with two attached hydrogens (primary N) is 1. The van der Waals surface area contributed by atoms with Crippen LogP contribution in [-0.4, -0.2) is 37.6 Å². The predicted octanol–water partition coefficient (Wildman–Crippen LogP) is 3.21. The Balaban J connectivity index is 1.84. The molecular weight excluding hydrogens is 336 g/mol. The van der Waals surface area contributed by atoms with E-state index in [1.54, 1.807) is 28.4 Å². The van der Waals surface area contributed by atoms with E-state index in [2.05, 4.69) is 0 Å². The molecule has 0 aliphatic carbocycles. The van der Waals surface area contributed by atoms with Crippen LogP contribution in [0.3, 0.4) is 0 Å². The van der Waals surface area contributed by atoms with Crippen molar-refractivity contribution < 1.29 is 14.3 Å². The number of ether oxygens (including phenoxy) is 2. The molecule has 7 heteroatoms. The van der Waals surface area contributed by atoms with E-state index in [0.29, 0.717) is 41.7 Å². The van der Waals surface area contributed by atoms with Crippen molar-refractivity contribution in [3.63, 3.8) is 0 Å². The van der Waals surface area contributed by atoms with Gasteiger partial charge in [0.25, 0.3) is 5.91 Å². The minimum atomic E-state index is -0.132. The van der Waals surface area contributed by atoms with E-state index in [4.69, 9.17) is 26.8 Å². The van der Waals surface area contributed by atoms with Crippen LogP contribution in [0.15, 0.2) is 29.0 Å². The van der Waals surface area contributed by atoms with Gasteiger partial charge in [-0.15, -0.1) is 0 Å². The Labute approximate surface area is 143 Å². The number of hydrogen-bond donors (Lipinski definition) is 1. The van der Waals surface area contributed by atoms with E-state index in [0.717, 1.165) is 5.56 Å². The van der Waals surface area contributed by atoms with Gasteiger partial charge in [-0.25, -0.2) is 0 Å². The Morgan fingerprint density at radius 2 is 2.35 bits per heavy atom. The molecule has 0 saturated carbocycles. The summed E-state index contributed by atoms with van der Waals surface area (Å²) in [5.41, 5.74) is 7.67. The van der Waals surface area contributed by atoms with Gasteiger partial charge in [-0.1, -0.05) is 11.6 Å². The van der Waals surface area contributed by atoms with Gasteiger partial charge in [0.1, 0.15) is 11.9 Å². The lowest BCUT2D eigenvalue weighted by atomic mass is 10.1. The van der Waals surface area contributed by atoms with Crippen molar-refractivity contribution in [2.45, 2.75) is 6.10 Å². The Kier molecular flexibility index (Phi) is 4.75. The first-order chi connectivity index (χ1) is 11.1. The first-order valence-corrected chi connectivity index (χ1v) is 8.48. The highest BCUT2D eigenvalue weighted by molar-refractivity contribution is 7.07. The first kappa shape index (κ1) is 16.1. The van der Waals surface area contributed by atoms with E-state index in [1.165, 1.54) is 7.11 Å². The molecular formula is C16H17ClN2O3S. The van der Waals surface area contributed by atoms with Crippen LogP contribution in [0.1, 0.15) is 22.0 Å². The maximum absolute atomic E-state index is 12.9. The number of benzene rings is 1. The fourth-order valence-corrected chi connectivity index (χ4v) is 3.43. The topological polar surface area (TPSA) is 64.8 Å². The van der Waals surface area contributed by atoms with Gasteiger partial charge in [0.15, 0.2) is 0 Å². The van der Waals surface area contributed by atoms with Crippen molar-refractivity contribution in [3.05, 3.63) is 45.1 Å². The molecule has 2 heterocycles. The van der Waals surface area contributed by atoms with Gasteiger partial charge in [-0.3, -0.25) is 4.79 Å². The third kappa shape index (κ3) is 3.29. The minimum absolute atomic E-state index is 0.103. The molecule has 1 unspecified atom stereocenters. The summed E-state index contributed by atoms with van der Waals surface area (Å²) in [6.07, 6.45) is -0.103. The van der Waals surface area contributed by atoms with E-state index in [1.807, 2.05) is 16.8 Å². The number of morpholine rings is 1. The Bertz CT molecular complexity index is 706. The molecule has 2 aromatic rings. The number of rotatable bonds is 3. The standard InChI is InChI=1S/C16H17ClN2O3S/c1-21-14-7-13(18)12(17)6-11(14)16(20)19-3-4-22-15(8-19)10-2-5-23-9-10/h2,5-7,9,15H,3-4,8,18H2,1H3. The van der Waals surface area contributed by atoms with Gasteiger partial charge < -0.3 is 20.1 Å². The Morgan fingerprint density at radius 1 is 1.52 bits per heavy atom. The molecule has 1 aliphatic heterocycles. The van der Waals surface area contributed by atoms with Gasteiger partial charge in [-0.2, -0.15) is 11.3 Å². The molecule has 1 amide bonds. The lowest BCUT2D eigenvalue weighted by molar-refractivity contribution is -0.0227. The van der Waals surface area contributed by atoms with Gasteiger partial charge >= 0.3 is 0 Å². The van der Waals surface area contributed by atoms with Crippen molar-refractivity contribution in [2.75, 3.05) is 32.5 Å². The second-order valence-corrected chi connectivity index (χ2v) is 6.43. The zero-order valence-electron chi connectivity index (χ0n) is 12.6. The molecule has 122 valence electrons. The molecule has 0 spiro atoms. The van der Waals surface area contributed by atoms with Crippen LogP contribution in [0.5, 0.6) is 5.75 Å². The molecule has 1 aromatic carbocycles. The molecule has 1 saturated heterocycles. The summed E-state index contributed by atoms with van der Waals surface area (Å²) < 4.78 is 11.0. The average molecular weight is 353 g/mol. The number of halogens is 1. The highest BCUT2D eigenvalue weighted by atomic mass is 35.5. The maximum atomic E-state index is 12.9. The Hall–Kier alpha value is -1.76. The number of hydrogen-bond acceptors (Lipinski definition) is 5. The van der Waals surface area contributed by atoms with E-state index in [-0.39, 0.29) is 12.0 Å². The molecule has 1 fully saturated rings. The molecule has 1 aliphatic rings. The number of carbonyl (C=O) groups excluding carboxylic acids is 1. The van der Waals surface area contributed by atoms with Gasteiger partial charge in [-0.05, 0) is 28.5 Å². The second kappa shape index (κ2) is 6.78. The largest absolute Gasteiger partial charge is 0.496 e. The summed E-state index contributed by atoms with van der Waals surface area (Å²) in [6, 6.07) is 5.16. The number of anilines is 1. The Morgan fingerprint density at radius 3 is 3.04 bits per heavy atom. The quantitative estimate of drug-likeness (QED) is 0.861. The molecule has 0 radical (unpaired) electrons. The first-order valence-electron chi connectivity index (χ1n) is 7.16. The number of nitrogens with zero attached hydrogens (tertiary/aromatic N) is 1. The zero-order valence-corrected chi connectivity index (χ0v) is 14.2. The summed E-state index contributed by atoms with van der Waals surface area (Å²) in [5, 5.41) is 4.39.